The van der Waals surface area contributed by atoms with Crippen LogP contribution in [0, 0.1) is 22.7 Å². The second kappa shape index (κ2) is 15.7. The molecular formula is C45H51Cl2Zr-. The molecule has 0 amide bonds. The Balaban J connectivity index is 0.000000329. The van der Waals surface area contributed by atoms with Gasteiger partial charge in [-0.3, -0.25) is 0 Å². The molecule has 6 rings (SSSR count). The monoisotopic (exact) mass is 751 g/mol. The average molecular weight is 754 g/mol. The maximum absolute atomic E-state index is 3.98. The minimum atomic E-state index is -0.0365. The van der Waals surface area contributed by atoms with Crippen LogP contribution in [0.5, 0.6) is 0 Å². The van der Waals surface area contributed by atoms with Gasteiger partial charge in [-0.05, 0) is 34.5 Å². The molecule has 0 saturated carbocycles. The summed E-state index contributed by atoms with van der Waals surface area (Å²) in [5.74, 6) is 0.949. The van der Waals surface area contributed by atoms with E-state index in [-0.39, 0.29) is 41.1 Å². The van der Waals surface area contributed by atoms with E-state index in [4.69, 9.17) is 0 Å². The van der Waals surface area contributed by atoms with Gasteiger partial charge in [0.15, 0.2) is 0 Å². The zero-order valence-corrected chi connectivity index (χ0v) is 34.4. The Morgan fingerprint density at radius 2 is 1.35 bits per heavy atom. The van der Waals surface area contributed by atoms with E-state index in [9.17, 15) is 0 Å². The number of hydrogen-bond donors (Lipinski definition) is 0. The SMILES string of the molecule is CC(C)C1=CC(C(C)C)(C(C)(C)C)C(C2=CC=CC2)=C2[C-]=c3cc(C(C)(C)C)ccc3=C12.[Cl-].[Cl-].[Zr+2]=[C](c1ccccc1)c1ccccc1. The topological polar surface area (TPSA) is 0 Å². The van der Waals surface area contributed by atoms with Crippen LogP contribution in [-0.2, 0) is 29.7 Å². The first-order chi connectivity index (χ1) is 21.7. The molecule has 48 heavy (non-hydrogen) atoms. The fourth-order valence-electron chi connectivity index (χ4n) is 7.55. The normalized spacial score (nSPS) is 18.2. The summed E-state index contributed by atoms with van der Waals surface area (Å²) in [5, 5.41) is 2.63. The third-order valence-electron chi connectivity index (χ3n) is 9.99. The number of allylic oxidation sites excluding steroid dienone is 8. The van der Waals surface area contributed by atoms with Gasteiger partial charge in [0.1, 0.15) is 0 Å². The molecule has 3 aromatic carbocycles. The van der Waals surface area contributed by atoms with Crippen molar-refractivity contribution >= 4 is 14.9 Å². The third-order valence-corrected chi connectivity index (χ3v) is 11.4. The van der Waals surface area contributed by atoms with Crippen LogP contribution < -0.4 is 35.3 Å². The van der Waals surface area contributed by atoms with Gasteiger partial charge in [-0.2, -0.15) is 0 Å². The molecule has 3 aliphatic carbocycles. The van der Waals surface area contributed by atoms with E-state index in [1.165, 1.54) is 82.4 Å². The molecule has 0 fully saturated rings. The van der Waals surface area contributed by atoms with Gasteiger partial charge in [-0.1, -0.05) is 128 Å². The van der Waals surface area contributed by atoms with E-state index in [1.54, 1.807) is 0 Å². The molecule has 0 bridgehead atoms. The van der Waals surface area contributed by atoms with Crippen molar-refractivity contribution in [2.75, 3.05) is 0 Å². The summed E-state index contributed by atoms with van der Waals surface area (Å²) in [6, 6.07) is 28.2. The van der Waals surface area contributed by atoms with Gasteiger partial charge in [-0.15, -0.1) is 33.7 Å². The number of fused-ring (bicyclic) bond motifs is 2. The Bertz CT molecular complexity index is 1830. The van der Waals surface area contributed by atoms with Crippen LogP contribution in [0.2, 0.25) is 0 Å². The maximum atomic E-state index is 3.98. The van der Waals surface area contributed by atoms with Gasteiger partial charge in [0.05, 0.1) is 0 Å². The summed E-state index contributed by atoms with van der Waals surface area (Å²) in [4.78, 5) is 0. The summed E-state index contributed by atoms with van der Waals surface area (Å²) in [6.07, 6.45) is 14.6. The Morgan fingerprint density at radius 1 is 0.792 bits per heavy atom. The molecule has 0 heterocycles. The van der Waals surface area contributed by atoms with Gasteiger partial charge in [0.25, 0.3) is 0 Å². The second-order valence-electron chi connectivity index (χ2n) is 15.7. The van der Waals surface area contributed by atoms with Crippen molar-refractivity contribution < 1.29 is 49.0 Å². The summed E-state index contributed by atoms with van der Waals surface area (Å²) in [5.41, 5.74) is 11.5. The molecule has 0 saturated heterocycles. The molecule has 1 atom stereocenters. The van der Waals surface area contributed by atoms with Crippen LogP contribution >= 0.6 is 0 Å². The van der Waals surface area contributed by atoms with Crippen molar-refractivity contribution in [3.05, 3.63) is 153 Å². The predicted octanol–water partition coefficient (Wildman–Crippen LogP) is 4.08. The molecule has 0 nitrogen and oxygen atoms in total. The molecule has 250 valence electrons. The number of hydrogen-bond acceptors (Lipinski definition) is 0. The Labute approximate surface area is 318 Å². The molecule has 0 aromatic heterocycles. The standard InChI is InChI=1S/C32H41.C13H10.2ClH.Zr/c1-20(2)27-19-32(21(3)4,31(8,9)10)29(22-13-11-12-14-22)26-18-23-17-24(30(5,6)7)15-16-25(23)28(26)27;1-3-7-12(8-4-1)11-13-9-5-2-6-10-13;;;/h11-13,15-17,19-21H,14H2,1-10H3;1-10H;2*1H;/q-1;;;;+2/p-2. The van der Waals surface area contributed by atoms with Gasteiger partial charge >= 0.3 is 99.2 Å². The van der Waals surface area contributed by atoms with Gasteiger partial charge < -0.3 is 24.8 Å². The van der Waals surface area contributed by atoms with E-state index in [1.807, 2.05) is 0 Å². The van der Waals surface area contributed by atoms with E-state index in [0.717, 1.165) is 6.42 Å². The van der Waals surface area contributed by atoms with Crippen LogP contribution in [-0.4, -0.2) is 3.21 Å². The number of halogens is 2. The summed E-state index contributed by atoms with van der Waals surface area (Å²) in [7, 11) is 0. The molecule has 3 heteroatoms. The van der Waals surface area contributed by atoms with Crippen LogP contribution in [0.4, 0.5) is 0 Å². The molecule has 3 aliphatic rings. The molecule has 0 spiro atoms. The molecule has 0 aliphatic heterocycles. The number of benzene rings is 3. The average Bonchev–Trinajstić information content (AvgIpc) is 3.68. The first-order valence-corrected chi connectivity index (χ1v) is 18.2. The number of rotatable bonds is 5. The van der Waals surface area contributed by atoms with Crippen molar-refractivity contribution in [2.45, 2.75) is 81.1 Å². The van der Waals surface area contributed by atoms with Crippen LogP contribution in [0.1, 0.15) is 92.3 Å². The Kier molecular flexibility index (Phi) is 13.1. The fourth-order valence-corrected chi connectivity index (χ4v) is 8.37. The van der Waals surface area contributed by atoms with Crippen molar-refractivity contribution in [3.63, 3.8) is 0 Å². The van der Waals surface area contributed by atoms with E-state index < -0.39 is 0 Å². The van der Waals surface area contributed by atoms with Crippen molar-refractivity contribution in [1.29, 1.82) is 0 Å². The van der Waals surface area contributed by atoms with Crippen molar-refractivity contribution in [3.8, 4) is 0 Å². The van der Waals surface area contributed by atoms with E-state index in [2.05, 4.69) is 178 Å². The van der Waals surface area contributed by atoms with Crippen molar-refractivity contribution in [1.82, 2.24) is 0 Å². The summed E-state index contributed by atoms with van der Waals surface area (Å²) in [6.45, 7) is 23.7. The fraction of sp³-hybridized carbons (Fsp3) is 0.356. The van der Waals surface area contributed by atoms with Gasteiger partial charge in [0.2, 0.25) is 0 Å². The second-order valence-corrected chi connectivity index (χ2v) is 16.9. The molecule has 3 aromatic rings. The predicted molar refractivity (Wildman–Crippen MR) is 196 cm³/mol. The van der Waals surface area contributed by atoms with Gasteiger partial charge in [-0.25, -0.2) is 0 Å². The van der Waals surface area contributed by atoms with Gasteiger partial charge in [0, 0.05) is 0 Å². The quantitative estimate of drug-likeness (QED) is 0.345. The minimum absolute atomic E-state index is 0. The summed E-state index contributed by atoms with van der Waals surface area (Å²) >= 11 is 1.46. The van der Waals surface area contributed by atoms with Crippen LogP contribution in [0.15, 0.2) is 125 Å². The van der Waals surface area contributed by atoms with Crippen molar-refractivity contribution in [2.24, 2.45) is 22.7 Å². The third kappa shape index (κ3) is 7.70. The zero-order chi connectivity index (χ0) is 33.4. The van der Waals surface area contributed by atoms with Crippen LogP contribution in [0.3, 0.4) is 0 Å². The molecule has 0 N–H and O–H groups in total. The first-order valence-electron chi connectivity index (χ1n) is 17.0. The first kappa shape index (κ1) is 40.1. The Morgan fingerprint density at radius 3 is 1.79 bits per heavy atom. The zero-order valence-electron chi connectivity index (χ0n) is 30.4. The van der Waals surface area contributed by atoms with E-state index >= 15 is 0 Å². The Hall–Kier alpha value is -2.31. The molecule has 1 unspecified atom stereocenters. The molecular weight excluding hydrogens is 703 g/mol. The van der Waals surface area contributed by atoms with Crippen LogP contribution in [0.25, 0.3) is 11.6 Å². The summed E-state index contributed by atoms with van der Waals surface area (Å²) < 4.78 is 1.42. The molecule has 0 radical (unpaired) electrons. The van der Waals surface area contributed by atoms with E-state index in [0.29, 0.717) is 11.8 Å².